The Morgan fingerprint density at radius 2 is 1.46 bits per heavy atom. The van der Waals surface area contributed by atoms with Crippen LogP contribution < -0.4 is 5.32 Å². The lowest BCUT2D eigenvalue weighted by atomic mass is 9.52. The summed E-state index contributed by atoms with van der Waals surface area (Å²) in [6, 6.07) is 24.2. The smallest absolute Gasteiger partial charge is 0.245 e. The molecule has 1 N–H and O–H groups in total. The summed E-state index contributed by atoms with van der Waals surface area (Å²) in [4.78, 5) is 13.4. The molecule has 2 bridgehead atoms. The monoisotopic (exact) mass is 368 g/mol. The van der Waals surface area contributed by atoms with Crippen LogP contribution in [0.1, 0.15) is 40.5 Å². The Labute approximate surface area is 162 Å². The van der Waals surface area contributed by atoms with Gasteiger partial charge in [-0.2, -0.15) is 5.26 Å². The Balaban J connectivity index is 1.64. The summed E-state index contributed by atoms with van der Waals surface area (Å²) in [6.07, 6.45) is 0.440. The number of halogens is 1. The number of fused-ring (bicyclic) bond motifs is 1. The third-order valence-corrected chi connectivity index (χ3v) is 6.09. The molecule has 0 heterocycles. The van der Waals surface area contributed by atoms with Crippen molar-refractivity contribution in [1.29, 1.82) is 5.26 Å². The van der Waals surface area contributed by atoms with Crippen LogP contribution in [0.2, 0.25) is 0 Å². The molecular weight excluding hydrogens is 351 g/mol. The van der Waals surface area contributed by atoms with Gasteiger partial charge in [-0.1, -0.05) is 48.5 Å². The first-order chi connectivity index (χ1) is 13.6. The molecule has 1 unspecified atom stereocenters. The lowest BCUT2D eigenvalue weighted by Gasteiger charge is -2.48. The standard InChI is InChI=1S/C24H17FN2O/c25-15-9-11-16(12-10-15)27-23(28)24(14-26)13-21-17-5-1-3-7-19(17)22(24)20-8-4-2-6-18(20)21/h1-12,21-22H,13H2,(H,27,28). The quantitative estimate of drug-likeness (QED) is 0.695. The Morgan fingerprint density at radius 3 is 2.00 bits per heavy atom. The highest BCUT2D eigenvalue weighted by Gasteiger charge is 2.57. The summed E-state index contributed by atoms with van der Waals surface area (Å²) in [6.45, 7) is 0. The van der Waals surface area contributed by atoms with Gasteiger partial charge in [-0.05, 0) is 52.9 Å². The van der Waals surface area contributed by atoms with E-state index in [1.165, 1.54) is 35.4 Å². The number of amides is 1. The second kappa shape index (κ2) is 6.03. The van der Waals surface area contributed by atoms with Crippen molar-refractivity contribution in [3.8, 4) is 6.07 Å². The topological polar surface area (TPSA) is 52.9 Å². The maximum Gasteiger partial charge on any atom is 0.245 e. The van der Waals surface area contributed by atoms with Gasteiger partial charge in [-0.15, -0.1) is 0 Å². The van der Waals surface area contributed by atoms with E-state index in [0.717, 1.165) is 11.1 Å². The van der Waals surface area contributed by atoms with Crippen molar-refractivity contribution in [2.24, 2.45) is 5.41 Å². The van der Waals surface area contributed by atoms with Crippen molar-refractivity contribution in [2.45, 2.75) is 18.3 Å². The lowest BCUT2D eigenvalue weighted by Crippen LogP contribution is -2.48. The second-order valence-corrected chi connectivity index (χ2v) is 7.49. The molecule has 1 amide bonds. The van der Waals surface area contributed by atoms with Crippen LogP contribution in [0, 0.1) is 22.6 Å². The van der Waals surface area contributed by atoms with E-state index in [4.69, 9.17) is 0 Å². The first kappa shape index (κ1) is 16.7. The predicted molar refractivity (Wildman–Crippen MR) is 104 cm³/mol. The molecule has 0 aliphatic heterocycles. The van der Waals surface area contributed by atoms with E-state index in [1.54, 1.807) is 0 Å². The van der Waals surface area contributed by atoms with Gasteiger partial charge in [0.15, 0.2) is 0 Å². The molecule has 3 aromatic carbocycles. The molecule has 28 heavy (non-hydrogen) atoms. The van der Waals surface area contributed by atoms with Crippen molar-refractivity contribution < 1.29 is 9.18 Å². The van der Waals surface area contributed by atoms with Crippen molar-refractivity contribution >= 4 is 11.6 Å². The summed E-state index contributed by atoms with van der Waals surface area (Å²) in [5, 5.41) is 13.1. The Morgan fingerprint density at radius 1 is 0.929 bits per heavy atom. The van der Waals surface area contributed by atoms with E-state index in [9.17, 15) is 14.4 Å². The van der Waals surface area contributed by atoms with Crippen LogP contribution in [0.25, 0.3) is 0 Å². The van der Waals surface area contributed by atoms with Gasteiger partial charge in [-0.25, -0.2) is 4.39 Å². The van der Waals surface area contributed by atoms with Gasteiger partial charge in [0.05, 0.1) is 6.07 Å². The van der Waals surface area contributed by atoms with E-state index in [1.807, 2.05) is 36.4 Å². The van der Waals surface area contributed by atoms with Gasteiger partial charge in [0.2, 0.25) is 5.91 Å². The Kier molecular flexibility index (Phi) is 3.60. The fraction of sp³-hybridized carbons (Fsp3) is 0.167. The molecule has 0 aromatic heterocycles. The van der Waals surface area contributed by atoms with Crippen molar-refractivity contribution in [3.05, 3.63) is 101 Å². The number of anilines is 1. The fourth-order valence-electron chi connectivity index (χ4n) is 4.87. The van der Waals surface area contributed by atoms with Crippen LogP contribution in [0.5, 0.6) is 0 Å². The number of hydrogen-bond acceptors (Lipinski definition) is 2. The molecular formula is C24H17FN2O. The highest BCUT2D eigenvalue weighted by molar-refractivity contribution is 5.99. The SMILES string of the molecule is N#CC1(C(=O)Nc2ccc(F)cc2)CC2c3ccccc3C1c1ccccc12. The first-order valence-corrected chi connectivity index (χ1v) is 9.30. The van der Waals surface area contributed by atoms with Crippen LogP contribution in [0.15, 0.2) is 72.8 Å². The van der Waals surface area contributed by atoms with Crippen molar-refractivity contribution in [3.63, 3.8) is 0 Å². The minimum atomic E-state index is -1.21. The van der Waals surface area contributed by atoms with E-state index < -0.39 is 5.41 Å². The number of hydrogen-bond donors (Lipinski definition) is 1. The number of nitrogens with one attached hydrogen (secondary N) is 1. The van der Waals surface area contributed by atoms with Gasteiger partial charge in [0.25, 0.3) is 0 Å². The Bertz CT molecular complexity index is 1080. The zero-order valence-corrected chi connectivity index (χ0v) is 15.0. The number of carbonyl (C=O) groups is 1. The largest absolute Gasteiger partial charge is 0.325 e. The van der Waals surface area contributed by atoms with E-state index in [2.05, 4.69) is 23.5 Å². The van der Waals surface area contributed by atoms with Crippen molar-refractivity contribution in [1.82, 2.24) is 0 Å². The third kappa shape index (κ3) is 2.23. The van der Waals surface area contributed by atoms with Gasteiger partial charge in [0, 0.05) is 17.5 Å². The van der Waals surface area contributed by atoms with Crippen molar-refractivity contribution in [2.75, 3.05) is 5.32 Å². The summed E-state index contributed by atoms with van der Waals surface area (Å²) in [5.41, 5.74) is 3.78. The molecule has 4 heteroatoms. The molecule has 0 radical (unpaired) electrons. The Hall–Kier alpha value is -3.45. The minimum Gasteiger partial charge on any atom is -0.325 e. The molecule has 136 valence electrons. The molecule has 0 saturated heterocycles. The van der Waals surface area contributed by atoms with Gasteiger partial charge >= 0.3 is 0 Å². The van der Waals surface area contributed by atoms with Crippen LogP contribution in [-0.4, -0.2) is 5.91 Å². The number of nitriles is 1. The number of benzene rings is 3. The predicted octanol–water partition coefficient (Wildman–Crippen LogP) is 4.96. The molecule has 0 saturated carbocycles. The molecule has 6 rings (SSSR count). The summed E-state index contributed by atoms with van der Waals surface area (Å²) < 4.78 is 13.2. The second-order valence-electron chi connectivity index (χ2n) is 7.49. The maximum absolute atomic E-state index is 13.4. The zero-order chi connectivity index (χ0) is 19.3. The molecule has 0 fully saturated rings. The van der Waals surface area contributed by atoms with Gasteiger partial charge in [0.1, 0.15) is 11.2 Å². The molecule has 3 nitrogen and oxygen atoms in total. The summed E-state index contributed by atoms with van der Waals surface area (Å²) in [5.74, 6) is -1.01. The fourth-order valence-corrected chi connectivity index (χ4v) is 4.87. The molecule has 3 aromatic rings. The van der Waals surface area contributed by atoms with Crippen LogP contribution >= 0.6 is 0 Å². The molecule has 1 atom stereocenters. The molecule has 3 aliphatic carbocycles. The van der Waals surface area contributed by atoms with Crippen LogP contribution in [0.3, 0.4) is 0 Å². The first-order valence-electron chi connectivity index (χ1n) is 9.30. The average Bonchev–Trinajstić information content (AvgIpc) is 2.75. The zero-order valence-electron chi connectivity index (χ0n) is 15.0. The van der Waals surface area contributed by atoms with Gasteiger partial charge < -0.3 is 5.32 Å². The summed E-state index contributed by atoms with van der Waals surface area (Å²) in [7, 11) is 0. The van der Waals surface area contributed by atoms with E-state index in [-0.39, 0.29) is 23.6 Å². The normalized spacial score (nSPS) is 24.0. The minimum absolute atomic E-state index is 0.0102. The van der Waals surface area contributed by atoms with E-state index >= 15 is 0 Å². The average molecular weight is 368 g/mol. The lowest BCUT2D eigenvalue weighted by molar-refractivity contribution is -0.124. The maximum atomic E-state index is 13.4. The number of rotatable bonds is 2. The third-order valence-electron chi connectivity index (χ3n) is 6.09. The highest BCUT2D eigenvalue weighted by Crippen LogP contribution is 2.61. The van der Waals surface area contributed by atoms with E-state index in [0.29, 0.717) is 12.1 Å². The molecule has 3 aliphatic rings. The number of nitrogens with zero attached hydrogens (tertiary/aromatic N) is 1. The van der Waals surface area contributed by atoms with Gasteiger partial charge in [-0.3, -0.25) is 4.79 Å². The molecule has 0 spiro atoms. The summed E-state index contributed by atoms with van der Waals surface area (Å²) >= 11 is 0. The number of carbonyl (C=O) groups excluding carboxylic acids is 1. The van der Waals surface area contributed by atoms with Crippen LogP contribution in [-0.2, 0) is 4.79 Å². The highest BCUT2D eigenvalue weighted by atomic mass is 19.1. The van der Waals surface area contributed by atoms with Crippen LogP contribution in [0.4, 0.5) is 10.1 Å².